The lowest BCUT2D eigenvalue weighted by molar-refractivity contribution is -0.132. The van der Waals surface area contributed by atoms with Crippen molar-refractivity contribution >= 4 is 23.3 Å². The van der Waals surface area contributed by atoms with Crippen molar-refractivity contribution in [3.63, 3.8) is 0 Å². The van der Waals surface area contributed by atoms with Crippen LogP contribution in [-0.2, 0) is 9.59 Å². The van der Waals surface area contributed by atoms with Crippen LogP contribution < -0.4 is 4.90 Å². The molecule has 1 aliphatic rings. The molecule has 1 aromatic carbocycles. The fourth-order valence-corrected chi connectivity index (χ4v) is 2.81. The van der Waals surface area contributed by atoms with Gasteiger partial charge >= 0.3 is 0 Å². The van der Waals surface area contributed by atoms with Crippen LogP contribution in [0.2, 0.25) is 0 Å². The first-order valence-electron chi connectivity index (χ1n) is 8.31. The molecule has 1 fully saturated rings. The summed E-state index contributed by atoms with van der Waals surface area (Å²) >= 11 is 0. The van der Waals surface area contributed by atoms with Crippen molar-refractivity contribution in [2.45, 2.75) is 20.8 Å². The Kier molecular flexibility index (Phi) is 6.09. The van der Waals surface area contributed by atoms with Gasteiger partial charge in [0.05, 0.1) is 0 Å². The van der Waals surface area contributed by atoms with E-state index in [1.165, 1.54) is 18.7 Å². The molecule has 0 aliphatic carbocycles. The highest BCUT2D eigenvalue weighted by molar-refractivity contribution is 5.98. The second-order valence-electron chi connectivity index (χ2n) is 6.02. The van der Waals surface area contributed by atoms with E-state index in [4.69, 9.17) is 0 Å². The van der Waals surface area contributed by atoms with E-state index in [1.807, 2.05) is 4.90 Å². The SMILES string of the molecule is CCN1CCN(C(=O)CN(C(C)=O)c2ccc(C(C)=O)cc2)CC1. The van der Waals surface area contributed by atoms with Crippen LogP contribution in [0, 0.1) is 0 Å². The number of nitrogens with zero attached hydrogens (tertiary/aromatic N) is 3. The average molecular weight is 331 g/mol. The lowest BCUT2D eigenvalue weighted by Crippen LogP contribution is -2.51. The van der Waals surface area contributed by atoms with E-state index < -0.39 is 0 Å². The molecule has 0 saturated carbocycles. The molecule has 130 valence electrons. The number of hydrogen-bond acceptors (Lipinski definition) is 4. The molecule has 0 bridgehead atoms. The van der Waals surface area contributed by atoms with E-state index in [9.17, 15) is 14.4 Å². The minimum absolute atomic E-state index is 0.0270. The largest absolute Gasteiger partial charge is 0.339 e. The van der Waals surface area contributed by atoms with Crippen LogP contribution in [0.3, 0.4) is 0 Å². The summed E-state index contributed by atoms with van der Waals surface area (Å²) in [5.41, 5.74) is 1.22. The molecule has 1 saturated heterocycles. The van der Waals surface area contributed by atoms with E-state index >= 15 is 0 Å². The molecule has 0 spiro atoms. The van der Waals surface area contributed by atoms with Crippen LogP contribution in [0.5, 0.6) is 0 Å². The second kappa shape index (κ2) is 8.06. The summed E-state index contributed by atoms with van der Waals surface area (Å²) in [7, 11) is 0. The van der Waals surface area contributed by atoms with Gasteiger partial charge in [-0.15, -0.1) is 0 Å². The van der Waals surface area contributed by atoms with Gasteiger partial charge < -0.3 is 14.7 Å². The number of ketones is 1. The molecule has 1 aromatic rings. The Morgan fingerprint density at radius 3 is 2.04 bits per heavy atom. The quantitative estimate of drug-likeness (QED) is 0.766. The predicted molar refractivity (Wildman–Crippen MR) is 93.2 cm³/mol. The van der Waals surface area contributed by atoms with Crippen molar-refractivity contribution in [3.05, 3.63) is 29.8 Å². The molecular weight excluding hydrogens is 306 g/mol. The maximum absolute atomic E-state index is 12.5. The van der Waals surface area contributed by atoms with Gasteiger partial charge in [-0.1, -0.05) is 6.92 Å². The molecule has 1 heterocycles. The van der Waals surface area contributed by atoms with E-state index in [-0.39, 0.29) is 24.1 Å². The summed E-state index contributed by atoms with van der Waals surface area (Å²) in [6, 6.07) is 6.77. The van der Waals surface area contributed by atoms with Gasteiger partial charge in [-0.2, -0.15) is 0 Å². The van der Waals surface area contributed by atoms with Crippen molar-refractivity contribution < 1.29 is 14.4 Å². The smallest absolute Gasteiger partial charge is 0.242 e. The molecule has 6 nitrogen and oxygen atoms in total. The fraction of sp³-hybridized carbons (Fsp3) is 0.500. The van der Waals surface area contributed by atoms with Crippen molar-refractivity contribution in [3.8, 4) is 0 Å². The number of piperazine rings is 1. The number of anilines is 1. The van der Waals surface area contributed by atoms with Gasteiger partial charge in [-0.05, 0) is 37.7 Å². The van der Waals surface area contributed by atoms with Gasteiger partial charge in [0.25, 0.3) is 0 Å². The zero-order chi connectivity index (χ0) is 17.7. The molecule has 0 radical (unpaired) electrons. The van der Waals surface area contributed by atoms with Crippen LogP contribution >= 0.6 is 0 Å². The van der Waals surface area contributed by atoms with E-state index in [2.05, 4.69) is 11.8 Å². The normalized spacial score (nSPS) is 15.2. The zero-order valence-electron chi connectivity index (χ0n) is 14.6. The van der Waals surface area contributed by atoms with Gasteiger partial charge in [0.2, 0.25) is 11.8 Å². The van der Waals surface area contributed by atoms with Crippen LogP contribution in [0.1, 0.15) is 31.1 Å². The third-order valence-electron chi connectivity index (χ3n) is 4.43. The molecule has 2 amide bonds. The Hall–Kier alpha value is -2.21. The van der Waals surface area contributed by atoms with Crippen LogP contribution in [0.15, 0.2) is 24.3 Å². The molecule has 0 unspecified atom stereocenters. The predicted octanol–water partition coefficient (Wildman–Crippen LogP) is 1.41. The number of Topliss-reactive ketones (excluding diaryl/α,β-unsaturated/α-hetero) is 1. The number of rotatable bonds is 5. The molecule has 0 atom stereocenters. The summed E-state index contributed by atoms with van der Waals surface area (Å²) in [6.07, 6.45) is 0. The Balaban J connectivity index is 2.04. The number of carbonyl (C=O) groups is 3. The highest BCUT2D eigenvalue weighted by Gasteiger charge is 2.23. The lowest BCUT2D eigenvalue weighted by atomic mass is 10.1. The van der Waals surface area contributed by atoms with Gasteiger partial charge in [0.15, 0.2) is 5.78 Å². The molecule has 1 aliphatic heterocycles. The summed E-state index contributed by atoms with van der Waals surface area (Å²) in [5.74, 6) is -0.261. The second-order valence-corrected chi connectivity index (χ2v) is 6.02. The molecule has 24 heavy (non-hydrogen) atoms. The van der Waals surface area contributed by atoms with Gasteiger partial charge in [0, 0.05) is 44.4 Å². The number of likely N-dealkylation sites (N-methyl/N-ethyl adjacent to an activating group) is 1. The van der Waals surface area contributed by atoms with Crippen LogP contribution in [0.4, 0.5) is 5.69 Å². The molecular formula is C18H25N3O3. The van der Waals surface area contributed by atoms with E-state index in [1.54, 1.807) is 24.3 Å². The Bertz CT molecular complexity index is 604. The first kappa shape index (κ1) is 18.1. The molecule has 0 aromatic heterocycles. The zero-order valence-corrected chi connectivity index (χ0v) is 14.6. The number of carbonyl (C=O) groups excluding carboxylic acids is 3. The van der Waals surface area contributed by atoms with Crippen molar-refractivity contribution in [2.24, 2.45) is 0 Å². The van der Waals surface area contributed by atoms with Gasteiger partial charge in [-0.25, -0.2) is 0 Å². The van der Waals surface area contributed by atoms with Crippen molar-refractivity contribution in [1.82, 2.24) is 9.80 Å². The summed E-state index contributed by atoms with van der Waals surface area (Å²) in [4.78, 5) is 41.4. The number of hydrogen-bond donors (Lipinski definition) is 0. The maximum atomic E-state index is 12.5. The highest BCUT2D eigenvalue weighted by Crippen LogP contribution is 2.16. The van der Waals surface area contributed by atoms with Crippen LogP contribution in [0.25, 0.3) is 0 Å². The average Bonchev–Trinajstić information content (AvgIpc) is 2.59. The highest BCUT2D eigenvalue weighted by atomic mass is 16.2. The summed E-state index contributed by atoms with van der Waals surface area (Å²) in [5, 5.41) is 0. The van der Waals surface area contributed by atoms with Crippen LogP contribution in [-0.4, -0.2) is 66.7 Å². The Labute approximate surface area is 143 Å². The fourth-order valence-electron chi connectivity index (χ4n) is 2.81. The topological polar surface area (TPSA) is 60.9 Å². The minimum Gasteiger partial charge on any atom is -0.339 e. The number of benzene rings is 1. The third-order valence-corrected chi connectivity index (χ3v) is 4.43. The first-order chi connectivity index (χ1) is 11.4. The summed E-state index contributed by atoms with van der Waals surface area (Å²) in [6.45, 7) is 9.21. The Morgan fingerprint density at radius 2 is 1.58 bits per heavy atom. The number of amides is 2. The summed E-state index contributed by atoms with van der Waals surface area (Å²) < 4.78 is 0. The van der Waals surface area contributed by atoms with E-state index in [0.717, 1.165) is 19.6 Å². The van der Waals surface area contributed by atoms with Crippen molar-refractivity contribution in [1.29, 1.82) is 0 Å². The lowest BCUT2D eigenvalue weighted by Gasteiger charge is -2.35. The molecule has 2 rings (SSSR count). The van der Waals surface area contributed by atoms with Gasteiger partial charge in [-0.3, -0.25) is 14.4 Å². The van der Waals surface area contributed by atoms with Gasteiger partial charge in [0.1, 0.15) is 6.54 Å². The van der Waals surface area contributed by atoms with E-state index in [0.29, 0.717) is 24.3 Å². The molecule has 6 heteroatoms. The maximum Gasteiger partial charge on any atom is 0.242 e. The Morgan fingerprint density at radius 1 is 1.00 bits per heavy atom. The minimum atomic E-state index is -0.189. The first-order valence-corrected chi connectivity index (χ1v) is 8.31. The monoisotopic (exact) mass is 331 g/mol. The molecule has 0 N–H and O–H groups in total. The standard InChI is InChI=1S/C18H25N3O3/c1-4-19-9-11-20(12-10-19)18(24)13-21(15(3)23)17-7-5-16(6-8-17)14(2)22/h5-8H,4,9-13H2,1-3H3. The third kappa shape index (κ3) is 4.41. The van der Waals surface area contributed by atoms with Crippen molar-refractivity contribution in [2.75, 3.05) is 44.2 Å².